The fourth-order valence-corrected chi connectivity index (χ4v) is 2.83. The maximum absolute atomic E-state index is 12.1. The molecule has 0 spiro atoms. The van der Waals surface area contributed by atoms with Crippen molar-refractivity contribution in [3.63, 3.8) is 0 Å². The van der Waals surface area contributed by atoms with Crippen LogP contribution >= 0.6 is 0 Å². The van der Waals surface area contributed by atoms with Crippen LogP contribution in [-0.4, -0.2) is 51.4 Å². The molecule has 1 aromatic rings. The van der Waals surface area contributed by atoms with E-state index in [0.717, 1.165) is 5.56 Å². The molecule has 0 saturated carbocycles. The Morgan fingerprint density at radius 2 is 2.00 bits per heavy atom. The summed E-state index contributed by atoms with van der Waals surface area (Å²) in [6.07, 6.45) is -0.451. The maximum Gasteiger partial charge on any atom is 0.250 e. The first kappa shape index (κ1) is 16.9. The van der Waals surface area contributed by atoms with Crippen LogP contribution in [0, 0.1) is 0 Å². The normalized spacial score (nSPS) is 23.7. The molecule has 1 saturated heterocycles. The van der Waals surface area contributed by atoms with Gasteiger partial charge in [0.15, 0.2) is 0 Å². The highest BCUT2D eigenvalue weighted by molar-refractivity contribution is 5.82. The molecule has 1 fully saturated rings. The van der Waals surface area contributed by atoms with Gasteiger partial charge in [-0.05, 0) is 32.8 Å². The summed E-state index contributed by atoms with van der Waals surface area (Å²) in [4.78, 5) is 14.1. The number of aliphatic hydroxyl groups excluding tert-OH is 2. The van der Waals surface area contributed by atoms with E-state index in [1.54, 1.807) is 0 Å². The lowest BCUT2D eigenvalue weighted by Crippen LogP contribution is -2.65. The van der Waals surface area contributed by atoms with Crippen LogP contribution in [0.25, 0.3) is 0 Å². The molecule has 1 aliphatic rings. The highest BCUT2D eigenvalue weighted by atomic mass is 16.3. The van der Waals surface area contributed by atoms with Crippen molar-refractivity contribution in [2.24, 2.45) is 0 Å². The summed E-state index contributed by atoms with van der Waals surface area (Å²) in [5.41, 5.74) is 0.733. The SMILES string of the molecule is CC(C)(C)NC(=O)[C@H](O)[C@H]1C[C@@H](CO)N1Cc1ccccc1. The minimum atomic E-state index is -1.08. The van der Waals surface area contributed by atoms with Crippen molar-refractivity contribution in [1.82, 2.24) is 10.2 Å². The number of nitrogens with one attached hydrogen (secondary N) is 1. The largest absolute Gasteiger partial charge is 0.395 e. The fourth-order valence-electron chi connectivity index (χ4n) is 2.83. The van der Waals surface area contributed by atoms with Gasteiger partial charge in [0.1, 0.15) is 6.10 Å². The zero-order valence-electron chi connectivity index (χ0n) is 13.5. The number of likely N-dealkylation sites (tertiary alicyclic amines) is 1. The third-order valence-electron chi connectivity index (χ3n) is 3.96. The Balaban J connectivity index is 2.02. The molecule has 0 aromatic heterocycles. The summed E-state index contributed by atoms with van der Waals surface area (Å²) < 4.78 is 0. The average Bonchev–Trinajstić information content (AvgIpc) is 2.43. The highest BCUT2D eigenvalue weighted by Gasteiger charge is 2.44. The number of carbonyl (C=O) groups excluding carboxylic acids is 1. The predicted molar refractivity (Wildman–Crippen MR) is 85.2 cm³/mol. The van der Waals surface area contributed by atoms with Crippen LogP contribution in [-0.2, 0) is 11.3 Å². The minimum Gasteiger partial charge on any atom is -0.395 e. The quantitative estimate of drug-likeness (QED) is 0.756. The number of benzene rings is 1. The molecule has 0 bridgehead atoms. The van der Waals surface area contributed by atoms with Gasteiger partial charge in [-0.25, -0.2) is 0 Å². The third kappa shape index (κ3) is 4.06. The maximum atomic E-state index is 12.1. The molecule has 22 heavy (non-hydrogen) atoms. The molecular weight excluding hydrogens is 280 g/mol. The molecule has 3 N–H and O–H groups in total. The van der Waals surface area contributed by atoms with Gasteiger partial charge in [0.2, 0.25) is 0 Å². The monoisotopic (exact) mass is 306 g/mol. The molecule has 1 amide bonds. The zero-order chi connectivity index (χ0) is 16.3. The Morgan fingerprint density at radius 1 is 1.36 bits per heavy atom. The molecule has 3 atom stereocenters. The summed E-state index contributed by atoms with van der Waals surface area (Å²) in [7, 11) is 0. The van der Waals surface area contributed by atoms with Crippen LogP contribution in [0.4, 0.5) is 0 Å². The van der Waals surface area contributed by atoms with Crippen molar-refractivity contribution in [3.8, 4) is 0 Å². The average molecular weight is 306 g/mol. The van der Waals surface area contributed by atoms with E-state index in [9.17, 15) is 15.0 Å². The molecule has 122 valence electrons. The summed E-state index contributed by atoms with van der Waals surface area (Å²) in [6.45, 7) is 6.32. The molecule has 5 nitrogen and oxygen atoms in total. The Morgan fingerprint density at radius 3 is 2.55 bits per heavy atom. The van der Waals surface area contributed by atoms with E-state index in [4.69, 9.17) is 0 Å². The molecule has 0 aliphatic carbocycles. The number of nitrogens with zero attached hydrogens (tertiary/aromatic N) is 1. The van der Waals surface area contributed by atoms with Crippen molar-refractivity contribution >= 4 is 5.91 Å². The summed E-state index contributed by atoms with van der Waals surface area (Å²) in [5.74, 6) is -0.355. The van der Waals surface area contributed by atoms with E-state index in [1.165, 1.54) is 0 Å². The van der Waals surface area contributed by atoms with E-state index in [1.807, 2.05) is 56.0 Å². The Bertz CT molecular complexity index is 498. The van der Waals surface area contributed by atoms with Crippen molar-refractivity contribution in [3.05, 3.63) is 35.9 Å². The lowest BCUT2D eigenvalue weighted by Gasteiger charge is -2.49. The van der Waals surface area contributed by atoms with Gasteiger partial charge < -0.3 is 15.5 Å². The summed E-state index contributed by atoms with van der Waals surface area (Å²) in [6, 6.07) is 9.63. The second-order valence-electron chi connectivity index (χ2n) is 6.98. The second-order valence-corrected chi connectivity index (χ2v) is 6.98. The standard InChI is InChI=1S/C17H26N2O3/c1-17(2,3)18-16(22)15(21)14-9-13(11-20)19(14)10-12-7-5-4-6-8-12/h4-8,13-15,20-21H,9-11H2,1-3H3,(H,18,22)/t13-,14+,15+/m0/s1. The molecule has 1 aliphatic heterocycles. The molecule has 1 heterocycles. The van der Waals surface area contributed by atoms with Crippen molar-refractivity contribution in [1.29, 1.82) is 0 Å². The van der Waals surface area contributed by atoms with Gasteiger partial charge in [-0.1, -0.05) is 30.3 Å². The number of amides is 1. The number of aliphatic hydroxyl groups is 2. The van der Waals surface area contributed by atoms with Gasteiger partial charge in [0, 0.05) is 24.2 Å². The van der Waals surface area contributed by atoms with Crippen LogP contribution < -0.4 is 5.32 Å². The van der Waals surface area contributed by atoms with Crippen molar-refractivity contribution in [2.75, 3.05) is 6.61 Å². The Hall–Kier alpha value is -1.43. The van der Waals surface area contributed by atoms with E-state index < -0.39 is 6.10 Å². The second kappa shape index (κ2) is 6.77. The van der Waals surface area contributed by atoms with Crippen molar-refractivity contribution < 1.29 is 15.0 Å². The van der Waals surface area contributed by atoms with Crippen molar-refractivity contribution in [2.45, 2.75) is 57.5 Å². The first-order valence-corrected chi connectivity index (χ1v) is 7.72. The first-order valence-electron chi connectivity index (χ1n) is 7.72. The lowest BCUT2D eigenvalue weighted by atomic mass is 9.87. The van der Waals surface area contributed by atoms with Crippen LogP contribution in [0.3, 0.4) is 0 Å². The smallest absolute Gasteiger partial charge is 0.250 e. The molecule has 1 aromatic carbocycles. The van der Waals surface area contributed by atoms with E-state index in [0.29, 0.717) is 13.0 Å². The van der Waals surface area contributed by atoms with Gasteiger partial charge in [-0.15, -0.1) is 0 Å². The first-order chi connectivity index (χ1) is 10.3. The fraction of sp³-hybridized carbons (Fsp3) is 0.588. The van der Waals surface area contributed by atoms with Gasteiger partial charge in [-0.2, -0.15) is 0 Å². The van der Waals surface area contributed by atoms with Crippen LogP contribution in [0.2, 0.25) is 0 Å². The van der Waals surface area contributed by atoms with E-state index in [-0.39, 0.29) is 30.1 Å². The van der Waals surface area contributed by atoms with E-state index >= 15 is 0 Å². The summed E-state index contributed by atoms with van der Waals surface area (Å²) in [5, 5.41) is 22.6. The minimum absolute atomic E-state index is 0.00212. The number of rotatable bonds is 5. The topological polar surface area (TPSA) is 72.8 Å². The number of carbonyl (C=O) groups is 1. The third-order valence-corrected chi connectivity index (χ3v) is 3.96. The van der Waals surface area contributed by atoms with E-state index in [2.05, 4.69) is 5.32 Å². The van der Waals surface area contributed by atoms with Crippen LogP contribution in [0.5, 0.6) is 0 Å². The zero-order valence-corrected chi connectivity index (χ0v) is 13.5. The van der Waals surface area contributed by atoms with Crippen LogP contribution in [0.15, 0.2) is 30.3 Å². The molecule has 0 unspecified atom stereocenters. The molecular formula is C17H26N2O3. The highest BCUT2D eigenvalue weighted by Crippen LogP contribution is 2.30. The molecule has 2 rings (SSSR count). The predicted octanol–water partition coefficient (Wildman–Crippen LogP) is 0.897. The number of hydrogen-bond acceptors (Lipinski definition) is 4. The Kier molecular flexibility index (Phi) is 5.21. The van der Waals surface area contributed by atoms with Gasteiger partial charge >= 0.3 is 0 Å². The van der Waals surface area contributed by atoms with Gasteiger partial charge in [0.05, 0.1) is 6.61 Å². The molecule has 0 radical (unpaired) electrons. The Labute approximate surface area is 131 Å². The van der Waals surface area contributed by atoms with Gasteiger partial charge in [-0.3, -0.25) is 9.69 Å². The molecule has 5 heteroatoms. The number of hydrogen-bond donors (Lipinski definition) is 3. The van der Waals surface area contributed by atoms with Gasteiger partial charge in [0.25, 0.3) is 5.91 Å². The summed E-state index contributed by atoms with van der Waals surface area (Å²) >= 11 is 0. The lowest BCUT2D eigenvalue weighted by molar-refractivity contribution is -0.144. The van der Waals surface area contributed by atoms with Crippen LogP contribution in [0.1, 0.15) is 32.8 Å².